The summed E-state index contributed by atoms with van der Waals surface area (Å²) in [6.45, 7) is 0. The van der Waals surface area contributed by atoms with Crippen LogP contribution in [0.15, 0.2) is 69.8 Å². The molecule has 0 bridgehead atoms. The fourth-order valence-electron chi connectivity index (χ4n) is 2.07. The van der Waals surface area contributed by atoms with Gasteiger partial charge in [0.05, 0.1) is 10.6 Å². The van der Waals surface area contributed by atoms with E-state index in [4.69, 9.17) is 27.9 Å². The van der Waals surface area contributed by atoms with Gasteiger partial charge in [-0.3, -0.25) is 0 Å². The molecule has 0 N–H and O–H groups in total. The highest BCUT2D eigenvalue weighted by molar-refractivity contribution is 9.12. The number of esters is 1. The largest absolute Gasteiger partial charge is 0.402 e. The Balaban J connectivity index is 1.90. The number of benzene rings is 2. The number of ether oxygens (including phenoxy) is 1. The summed E-state index contributed by atoms with van der Waals surface area (Å²) in [5.74, 6) is -0.373. The SMILES string of the molecule is O=C1OC(c2ccc(Cl)cc2Cl)=NC1=CC(Br)=Cc1ccccc1. The van der Waals surface area contributed by atoms with Crippen molar-refractivity contribution < 1.29 is 9.53 Å². The van der Waals surface area contributed by atoms with E-state index < -0.39 is 5.97 Å². The van der Waals surface area contributed by atoms with E-state index >= 15 is 0 Å². The lowest BCUT2D eigenvalue weighted by atomic mass is 10.2. The van der Waals surface area contributed by atoms with Crippen LogP contribution in [0.1, 0.15) is 11.1 Å². The molecule has 0 spiro atoms. The van der Waals surface area contributed by atoms with Crippen LogP contribution in [0.4, 0.5) is 0 Å². The van der Waals surface area contributed by atoms with Gasteiger partial charge in [-0.1, -0.05) is 69.5 Å². The summed E-state index contributed by atoms with van der Waals surface area (Å²) >= 11 is 15.4. The maximum absolute atomic E-state index is 12.0. The van der Waals surface area contributed by atoms with Crippen LogP contribution in [0.2, 0.25) is 10.0 Å². The fraction of sp³-hybridized carbons (Fsp3) is 0. The van der Waals surface area contributed by atoms with Gasteiger partial charge in [-0.15, -0.1) is 0 Å². The van der Waals surface area contributed by atoms with Crippen molar-refractivity contribution in [3.05, 3.63) is 86.0 Å². The van der Waals surface area contributed by atoms with Gasteiger partial charge in [-0.2, -0.15) is 0 Å². The smallest absolute Gasteiger partial charge is 0.363 e. The minimum Gasteiger partial charge on any atom is -0.402 e. The Kier molecular flexibility index (Phi) is 5.19. The zero-order valence-electron chi connectivity index (χ0n) is 12.2. The molecular weight excluding hydrogens is 413 g/mol. The summed E-state index contributed by atoms with van der Waals surface area (Å²) in [5.41, 5.74) is 1.70. The molecule has 1 heterocycles. The van der Waals surface area contributed by atoms with Gasteiger partial charge in [0.1, 0.15) is 0 Å². The molecule has 0 aromatic heterocycles. The van der Waals surface area contributed by atoms with Crippen LogP contribution in [-0.4, -0.2) is 11.9 Å². The van der Waals surface area contributed by atoms with Crippen molar-refractivity contribution in [2.24, 2.45) is 4.99 Å². The normalized spacial score (nSPS) is 16.3. The van der Waals surface area contributed by atoms with Crippen molar-refractivity contribution in [2.45, 2.75) is 0 Å². The topological polar surface area (TPSA) is 38.7 Å². The average Bonchev–Trinajstić information content (AvgIpc) is 2.88. The Morgan fingerprint density at radius 2 is 1.88 bits per heavy atom. The second kappa shape index (κ2) is 7.34. The third kappa shape index (κ3) is 3.96. The first-order valence-corrected chi connectivity index (χ1v) is 8.48. The average molecular weight is 423 g/mol. The third-order valence-corrected chi connectivity index (χ3v) is 4.17. The van der Waals surface area contributed by atoms with Crippen molar-refractivity contribution in [1.29, 1.82) is 0 Å². The minimum atomic E-state index is -0.533. The number of hydrogen-bond acceptors (Lipinski definition) is 3. The molecule has 0 atom stereocenters. The predicted molar refractivity (Wildman–Crippen MR) is 101 cm³/mol. The molecule has 0 saturated heterocycles. The first kappa shape index (κ1) is 17.0. The molecule has 2 aromatic carbocycles. The maximum atomic E-state index is 12.0. The van der Waals surface area contributed by atoms with Crippen molar-refractivity contribution in [3.63, 3.8) is 0 Å². The molecular formula is C18H10BrCl2NO2. The van der Waals surface area contributed by atoms with Gasteiger partial charge < -0.3 is 4.74 Å². The lowest BCUT2D eigenvalue weighted by Crippen LogP contribution is -2.05. The van der Waals surface area contributed by atoms with Crippen LogP contribution < -0.4 is 0 Å². The lowest BCUT2D eigenvalue weighted by molar-refractivity contribution is -0.130. The van der Waals surface area contributed by atoms with Gasteiger partial charge in [0.15, 0.2) is 5.70 Å². The van der Waals surface area contributed by atoms with E-state index in [0.29, 0.717) is 20.1 Å². The summed E-state index contributed by atoms with van der Waals surface area (Å²) in [6.07, 6.45) is 3.48. The summed E-state index contributed by atoms with van der Waals surface area (Å²) in [6, 6.07) is 14.6. The van der Waals surface area contributed by atoms with Crippen molar-refractivity contribution in [1.82, 2.24) is 0 Å². The molecule has 0 radical (unpaired) electrons. The molecule has 3 rings (SSSR count). The van der Waals surface area contributed by atoms with E-state index in [1.165, 1.54) is 0 Å². The Bertz CT molecular complexity index is 889. The van der Waals surface area contributed by atoms with Gasteiger partial charge in [0.25, 0.3) is 0 Å². The van der Waals surface area contributed by atoms with Gasteiger partial charge >= 0.3 is 5.97 Å². The number of carbonyl (C=O) groups is 1. The molecule has 1 aliphatic heterocycles. The number of halogens is 3. The number of nitrogens with zero attached hydrogens (tertiary/aromatic N) is 1. The first-order valence-electron chi connectivity index (χ1n) is 6.93. The highest BCUT2D eigenvalue weighted by Crippen LogP contribution is 2.26. The lowest BCUT2D eigenvalue weighted by Gasteiger charge is -2.02. The van der Waals surface area contributed by atoms with Crippen molar-refractivity contribution in [2.75, 3.05) is 0 Å². The van der Waals surface area contributed by atoms with Crippen LogP contribution in [0, 0.1) is 0 Å². The maximum Gasteiger partial charge on any atom is 0.363 e. The standard InChI is InChI=1S/C18H10BrCl2NO2/c19-12(8-11-4-2-1-3-5-11)9-16-18(23)24-17(22-16)14-7-6-13(20)10-15(14)21/h1-10H. The van der Waals surface area contributed by atoms with Gasteiger partial charge in [-0.05, 0) is 35.9 Å². The second-order valence-electron chi connectivity index (χ2n) is 4.90. The highest BCUT2D eigenvalue weighted by Gasteiger charge is 2.25. The Morgan fingerprint density at radius 3 is 2.58 bits per heavy atom. The van der Waals surface area contributed by atoms with Gasteiger partial charge in [-0.25, -0.2) is 9.79 Å². The number of cyclic esters (lactones) is 1. The van der Waals surface area contributed by atoms with E-state index in [0.717, 1.165) is 5.56 Å². The molecule has 0 fully saturated rings. The van der Waals surface area contributed by atoms with Crippen LogP contribution in [0.25, 0.3) is 6.08 Å². The quantitative estimate of drug-likeness (QED) is 0.475. The molecule has 6 heteroatoms. The van der Waals surface area contributed by atoms with Crippen molar-refractivity contribution >= 4 is 57.1 Å². The van der Waals surface area contributed by atoms with E-state index in [-0.39, 0.29) is 11.6 Å². The van der Waals surface area contributed by atoms with Crippen molar-refractivity contribution in [3.8, 4) is 0 Å². The number of carbonyl (C=O) groups excluding carboxylic acids is 1. The van der Waals surface area contributed by atoms with E-state index in [9.17, 15) is 4.79 Å². The van der Waals surface area contributed by atoms with Crippen LogP contribution >= 0.6 is 39.1 Å². The molecule has 24 heavy (non-hydrogen) atoms. The molecule has 120 valence electrons. The summed E-state index contributed by atoms with van der Waals surface area (Å²) in [5, 5.41) is 0.868. The molecule has 3 nitrogen and oxygen atoms in total. The number of allylic oxidation sites excluding steroid dienone is 2. The third-order valence-electron chi connectivity index (χ3n) is 3.16. The number of hydrogen-bond donors (Lipinski definition) is 0. The zero-order chi connectivity index (χ0) is 17.1. The number of aliphatic imine (C=N–C) groups is 1. The predicted octanol–water partition coefficient (Wildman–Crippen LogP) is 5.62. The van der Waals surface area contributed by atoms with E-state index in [1.54, 1.807) is 24.3 Å². The summed E-state index contributed by atoms with van der Waals surface area (Å²) in [4.78, 5) is 16.2. The molecule has 0 saturated carbocycles. The van der Waals surface area contributed by atoms with Crippen LogP contribution in [0.5, 0.6) is 0 Å². The van der Waals surface area contributed by atoms with E-state index in [1.807, 2.05) is 36.4 Å². The molecule has 1 aliphatic rings. The van der Waals surface area contributed by atoms with E-state index in [2.05, 4.69) is 20.9 Å². The highest BCUT2D eigenvalue weighted by atomic mass is 79.9. The van der Waals surface area contributed by atoms with Gasteiger partial charge in [0, 0.05) is 9.51 Å². The second-order valence-corrected chi connectivity index (χ2v) is 6.66. The molecule has 2 aromatic rings. The molecule has 0 amide bonds. The monoisotopic (exact) mass is 421 g/mol. The molecule has 0 unspecified atom stereocenters. The summed E-state index contributed by atoms with van der Waals surface area (Å²) in [7, 11) is 0. The Labute approximate surface area is 157 Å². The summed E-state index contributed by atoms with van der Waals surface area (Å²) < 4.78 is 5.90. The minimum absolute atomic E-state index is 0.160. The number of rotatable bonds is 3. The fourth-order valence-corrected chi connectivity index (χ4v) is 3.04. The Morgan fingerprint density at radius 1 is 1.12 bits per heavy atom. The van der Waals surface area contributed by atoms with Crippen LogP contribution in [-0.2, 0) is 9.53 Å². The Hall–Kier alpha value is -1.88. The zero-order valence-corrected chi connectivity index (χ0v) is 15.3. The molecule has 0 aliphatic carbocycles. The van der Waals surface area contributed by atoms with Crippen LogP contribution in [0.3, 0.4) is 0 Å². The van der Waals surface area contributed by atoms with Gasteiger partial charge in [0.2, 0.25) is 5.90 Å². The first-order chi connectivity index (χ1) is 11.5.